The first-order valence-electron chi connectivity index (χ1n) is 7.30. The zero-order valence-corrected chi connectivity index (χ0v) is 11.9. The van der Waals surface area contributed by atoms with Gasteiger partial charge in [-0.1, -0.05) is 26.2 Å². The first-order valence-corrected chi connectivity index (χ1v) is 7.30. The van der Waals surface area contributed by atoms with Crippen LogP contribution >= 0.6 is 0 Å². The van der Waals surface area contributed by atoms with Crippen LogP contribution in [0.25, 0.3) is 0 Å². The van der Waals surface area contributed by atoms with Crippen LogP contribution in [-0.4, -0.2) is 24.4 Å². The second-order valence-electron chi connectivity index (χ2n) is 5.32. The van der Waals surface area contributed by atoms with Crippen molar-refractivity contribution in [1.82, 2.24) is 10.6 Å². The lowest BCUT2D eigenvalue weighted by atomic mass is 9.83. The smallest absolute Gasteiger partial charge is 0.254 e. The van der Waals surface area contributed by atoms with Crippen molar-refractivity contribution in [2.75, 3.05) is 6.54 Å². The van der Waals surface area contributed by atoms with Gasteiger partial charge < -0.3 is 15.1 Å². The highest BCUT2D eigenvalue weighted by molar-refractivity contribution is 5.96. The van der Waals surface area contributed by atoms with Crippen molar-refractivity contribution in [2.24, 2.45) is 5.92 Å². The van der Waals surface area contributed by atoms with Gasteiger partial charge in [0.2, 0.25) is 5.91 Å². The Balaban J connectivity index is 1.76. The zero-order chi connectivity index (χ0) is 14.4. The molecule has 2 rings (SSSR count). The summed E-state index contributed by atoms with van der Waals surface area (Å²) in [5, 5.41) is 5.64. The number of carbonyl (C=O) groups is 2. The van der Waals surface area contributed by atoms with Crippen LogP contribution in [-0.2, 0) is 4.79 Å². The molecule has 5 heteroatoms. The second-order valence-corrected chi connectivity index (χ2v) is 5.32. The average molecular weight is 278 g/mol. The van der Waals surface area contributed by atoms with Gasteiger partial charge in [0.1, 0.15) is 6.26 Å². The van der Waals surface area contributed by atoms with Gasteiger partial charge in [0.05, 0.1) is 18.4 Å². The van der Waals surface area contributed by atoms with Crippen molar-refractivity contribution < 1.29 is 14.0 Å². The van der Waals surface area contributed by atoms with Crippen LogP contribution in [0.1, 0.15) is 49.4 Å². The third-order valence-electron chi connectivity index (χ3n) is 3.97. The van der Waals surface area contributed by atoms with E-state index in [1.807, 2.05) is 0 Å². The maximum Gasteiger partial charge on any atom is 0.254 e. The molecule has 0 bridgehead atoms. The van der Waals surface area contributed by atoms with E-state index in [1.165, 1.54) is 31.8 Å². The molecular weight excluding hydrogens is 256 g/mol. The van der Waals surface area contributed by atoms with Crippen LogP contribution < -0.4 is 10.6 Å². The SMILES string of the molecule is CC[C@H]1CCCC[C@H]1NC(=O)CNC(=O)c1ccoc1. The number of furan rings is 1. The molecule has 20 heavy (non-hydrogen) atoms. The number of hydrogen-bond donors (Lipinski definition) is 2. The Labute approximate surface area is 119 Å². The van der Waals surface area contributed by atoms with Gasteiger partial charge in [-0.3, -0.25) is 9.59 Å². The van der Waals surface area contributed by atoms with Gasteiger partial charge in [0.15, 0.2) is 0 Å². The van der Waals surface area contributed by atoms with E-state index in [4.69, 9.17) is 4.42 Å². The molecule has 2 amide bonds. The van der Waals surface area contributed by atoms with Crippen molar-refractivity contribution in [3.05, 3.63) is 24.2 Å². The fraction of sp³-hybridized carbons (Fsp3) is 0.600. The monoisotopic (exact) mass is 278 g/mol. The van der Waals surface area contributed by atoms with E-state index in [0.29, 0.717) is 11.5 Å². The molecule has 110 valence electrons. The van der Waals surface area contributed by atoms with Crippen LogP contribution in [0.2, 0.25) is 0 Å². The molecule has 1 fully saturated rings. The third-order valence-corrected chi connectivity index (χ3v) is 3.97. The number of hydrogen-bond acceptors (Lipinski definition) is 3. The molecule has 0 aliphatic heterocycles. The largest absolute Gasteiger partial charge is 0.472 e. The molecule has 2 atom stereocenters. The van der Waals surface area contributed by atoms with Crippen LogP contribution in [0.4, 0.5) is 0 Å². The predicted molar refractivity (Wildman–Crippen MR) is 75.2 cm³/mol. The van der Waals surface area contributed by atoms with Gasteiger partial charge in [-0.15, -0.1) is 0 Å². The van der Waals surface area contributed by atoms with Gasteiger partial charge in [-0.05, 0) is 24.8 Å². The molecule has 1 saturated carbocycles. The van der Waals surface area contributed by atoms with E-state index >= 15 is 0 Å². The molecule has 0 radical (unpaired) electrons. The summed E-state index contributed by atoms with van der Waals surface area (Å²) in [5.41, 5.74) is 0.432. The fourth-order valence-corrected chi connectivity index (χ4v) is 2.80. The quantitative estimate of drug-likeness (QED) is 0.866. The third kappa shape index (κ3) is 3.85. The molecule has 2 N–H and O–H groups in total. The number of nitrogens with one attached hydrogen (secondary N) is 2. The highest BCUT2D eigenvalue weighted by atomic mass is 16.3. The topological polar surface area (TPSA) is 71.3 Å². The minimum absolute atomic E-state index is 0.0109. The maximum atomic E-state index is 11.9. The molecule has 0 aromatic carbocycles. The molecule has 1 aliphatic carbocycles. The minimum atomic E-state index is -0.287. The molecule has 1 aliphatic rings. The van der Waals surface area contributed by atoms with Crippen LogP contribution in [0.5, 0.6) is 0 Å². The van der Waals surface area contributed by atoms with Crippen molar-refractivity contribution in [3.63, 3.8) is 0 Å². The summed E-state index contributed by atoms with van der Waals surface area (Å²) >= 11 is 0. The maximum absolute atomic E-state index is 11.9. The number of carbonyl (C=O) groups excluding carboxylic acids is 2. The van der Waals surface area contributed by atoms with Crippen molar-refractivity contribution in [2.45, 2.75) is 45.1 Å². The summed E-state index contributed by atoms with van der Waals surface area (Å²) in [7, 11) is 0. The Morgan fingerprint density at radius 3 is 2.85 bits per heavy atom. The minimum Gasteiger partial charge on any atom is -0.472 e. The Morgan fingerprint density at radius 1 is 1.35 bits per heavy atom. The highest BCUT2D eigenvalue weighted by Gasteiger charge is 2.24. The van der Waals surface area contributed by atoms with Crippen molar-refractivity contribution in [1.29, 1.82) is 0 Å². The van der Waals surface area contributed by atoms with E-state index < -0.39 is 0 Å². The summed E-state index contributed by atoms with van der Waals surface area (Å²) in [6, 6.07) is 1.83. The van der Waals surface area contributed by atoms with E-state index in [2.05, 4.69) is 17.6 Å². The zero-order valence-electron chi connectivity index (χ0n) is 11.9. The van der Waals surface area contributed by atoms with Crippen molar-refractivity contribution >= 4 is 11.8 Å². The van der Waals surface area contributed by atoms with E-state index in [0.717, 1.165) is 12.8 Å². The van der Waals surface area contributed by atoms with Gasteiger partial charge in [0.25, 0.3) is 5.91 Å². The van der Waals surface area contributed by atoms with Gasteiger partial charge in [-0.2, -0.15) is 0 Å². The molecule has 0 unspecified atom stereocenters. The molecular formula is C15H22N2O3. The molecule has 0 spiro atoms. The van der Waals surface area contributed by atoms with Crippen LogP contribution in [0.15, 0.2) is 23.0 Å². The number of rotatable bonds is 5. The fourth-order valence-electron chi connectivity index (χ4n) is 2.80. The van der Waals surface area contributed by atoms with E-state index in [-0.39, 0.29) is 24.4 Å². The average Bonchev–Trinajstić information content (AvgIpc) is 2.99. The van der Waals surface area contributed by atoms with Crippen LogP contribution in [0, 0.1) is 5.92 Å². The molecule has 1 aromatic rings. The molecule has 5 nitrogen and oxygen atoms in total. The van der Waals surface area contributed by atoms with Gasteiger partial charge in [-0.25, -0.2) is 0 Å². The van der Waals surface area contributed by atoms with E-state index in [1.54, 1.807) is 6.07 Å². The lowest BCUT2D eigenvalue weighted by molar-refractivity contribution is -0.121. The second kappa shape index (κ2) is 7.12. The summed E-state index contributed by atoms with van der Waals surface area (Å²) < 4.78 is 4.83. The molecule has 1 aromatic heterocycles. The van der Waals surface area contributed by atoms with Crippen molar-refractivity contribution in [3.8, 4) is 0 Å². The lowest BCUT2D eigenvalue weighted by Gasteiger charge is -2.31. The van der Waals surface area contributed by atoms with E-state index in [9.17, 15) is 9.59 Å². The van der Waals surface area contributed by atoms with Gasteiger partial charge in [0, 0.05) is 6.04 Å². The van der Waals surface area contributed by atoms with Gasteiger partial charge >= 0.3 is 0 Å². The summed E-state index contributed by atoms with van der Waals surface area (Å²) in [6.45, 7) is 2.17. The molecule has 0 saturated heterocycles. The number of amides is 2. The Morgan fingerprint density at radius 2 is 2.15 bits per heavy atom. The summed E-state index contributed by atoms with van der Waals surface area (Å²) in [6.07, 6.45) is 8.53. The first-order chi connectivity index (χ1) is 9.70. The summed E-state index contributed by atoms with van der Waals surface area (Å²) in [5.74, 6) is 0.161. The summed E-state index contributed by atoms with van der Waals surface area (Å²) in [4.78, 5) is 23.6. The standard InChI is InChI=1S/C15H22N2O3/c1-2-11-5-3-4-6-13(11)17-14(18)9-16-15(19)12-7-8-20-10-12/h7-8,10-11,13H,2-6,9H2,1H3,(H,16,19)(H,17,18)/t11-,13+/m0/s1. The normalized spacial score (nSPS) is 22.2. The van der Waals surface area contributed by atoms with Crippen LogP contribution in [0.3, 0.4) is 0 Å². The lowest BCUT2D eigenvalue weighted by Crippen LogP contribution is -2.46. The Bertz CT molecular complexity index is 442. The predicted octanol–water partition coefficient (Wildman–Crippen LogP) is 2.09. The highest BCUT2D eigenvalue weighted by Crippen LogP contribution is 2.26. The Kier molecular flexibility index (Phi) is 5.21. The Hall–Kier alpha value is -1.78. The molecule has 1 heterocycles. The first kappa shape index (κ1) is 14.6.